The molecule has 0 heterocycles. The van der Waals surface area contributed by atoms with Gasteiger partial charge in [-0.25, -0.2) is 4.39 Å². The van der Waals surface area contributed by atoms with Crippen LogP contribution in [-0.2, 0) is 11.4 Å². The third kappa shape index (κ3) is 2.91. The fourth-order valence-corrected chi connectivity index (χ4v) is 1.73. The molecule has 0 saturated heterocycles. The average molecular weight is 269 g/mol. The summed E-state index contributed by atoms with van der Waals surface area (Å²) in [5.41, 5.74) is 3.48. The van der Waals surface area contributed by atoms with Gasteiger partial charge in [-0.15, -0.1) is 0 Å². The molecule has 72 valence electrons. The van der Waals surface area contributed by atoms with Crippen LogP contribution in [0.2, 0.25) is 5.02 Å². The summed E-state index contributed by atoms with van der Waals surface area (Å²) in [6, 6.07) is 3.20. The normalized spacial score (nSPS) is 10.5. The van der Waals surface area contributed by atoms with E-state index < -0.39 is 5.82 Å². The zero-order valence-corrected chi connectivity index (χ0v) is 9.25. The Balaban J connectivity index is 2.86. The van der Waals surface area contributed by atoms with Crippen LogP contribution < -0.4 is 5.48 Å². The highest BCUT2D eigenvalue weighted by Crippen LogP contribution is 2.24. The van der Waals surface area contributed by atoms with Crippen molar-refractivity contribution in [1.82, 2.24) is 5.48 Å². The number of nitrogens with one attached hydrogen (secondary N) is 1. The molecule has 2 nitrogen and oxygen atoms in total. The quantitative estimate of drug-likeness (QED) is 0.672. The minimum absolute atomic E-state index is 0.0993. The van der Waals surface area contributed by atoms with E-state index in [1.807, 2.05) is 0 Å². The van der Waals surface area contributed by atoms with Crippen molar-refractivity contribution in [3.63, 3.8) is 0 Å². The largest absolute Gasteiger partial charge is 0.305 e. The highest BCUT2D eigenvalue weighted by Gasteiger charge is 2.06. The second-order valence-corrected chi connectivity index (χ2v) is 3.66. The molecule has 0 spiro atoms. The van der Waals surface area contributed by atoms with E-state index in [2.05, 4.69) is 26.2 Å². The van der Waals surface area contributed by atoms with Crippen LogP contribution in [0, 0.1) is 5.82 Å². The maximum absolute atomic E-state index is 13.0. The van der Waals surface area contributed by atoms with E-state index in [0.29, 0.717) is 11.0 Å². The van der Waals surface area contributed by atoms with Crippen LogP contribution in [0.25, 0.3) is 0 Å². The van der Waals surface area contributed by atoms with Gasteiger partial charge in [0.1, 0.15) is 0 Å². The fraction of sp³-hybridized carbons (Fsp3) is 0.250. The number of hydrogen-bond acceptors (Lipinski definition) is 2. The van der Waals surface area contributed by atoms with Crippen LogP contribution in [0.5, 0.6) is 0 Å². The van der Waals surface area contributed by atoms with Crippen molar-refractivity contribution in [2.45, 2.75) is 6.54 Å². The summed E-state index contributed by atoms with van der Waals surface area (Å²) in [6.07, 6.45) is 0. The standard InChI is InChI=1S/C8H8BrClFNO/c1-13-12-4-5-2-6(9)8(11)7(10)3-5/h2-3,12H,4H2,1H3. The zero-order valence-electron chi connectivity index (χ0n) is 6.90. The maximum Gasteiger partial charge on any atom is 0.155 e. The lowest BCUT2D eigenvalue weighted by molar-refractivity contribution is 0.0867. The highest BCUT2D eigenvalue weighted by molar-refractivity contribution is 9.10. The van der Waals surface area contributed by atoms with E-state index in [0.717, 1.165) is 5.56 Å². The van der Waals surface area contributed by atoms with Crippen LogP contribution in [0.15, 0.2) is 16.6 Å². The molecule has 1 N–H and O–H groups in total. The molecule has 0 fully saturated rings. The van der Waals surface area contributed by atoms with Crippen LogP contribution in [-0.4, -0.2) is 7.11 Å². The van der Waals surface area contributed by atoms with E-state index in [1.54, 1.807) is 12.1 Å². The van der Waals surface area contributed by atoms with Gasteiger partial charge in [0, 0.05) is 6.54 Å². The van der Waals surface area contributed by atoms with Gasteiger partial charge in [0.25, 0.3) is 0 Å². The fourth-order valence-electron chi connectivity index (χ4n) is 0.866. The molecule has 0 aliphatic carbocycles. The molecule has 5 heteroatoms. The summed E-state index contributed by atoms with van der Waals surface area (Å²) >= 11 is 8.69. The molecule has 13 heavy (non-hydrogen) atoms. The van der Waals surface area contributed by atoms with Gasteiger partial charge in [-0.3, -0.25) is 0 Å². The smallest absolute Gasteiger partial charge is 0.155 e. The van der Waals surface area contributed by atoms with Crippen molar-refractivity contribution in [3.8, 4) is 0 Å². The first-order valence-corrected chi connectivity index (χ1v) is 4.71. The number of rotatable bonds is 3. The Labute approximate surface area is 89.1 Å². The molecule has 1 aromatic carbocycles. The molecule has 0 radical (unpaired) electrons. The zero-order chi connectivity index (χ0) is 9.84. The first kappa shape index (κ1) is 10.9. The molecule has 0 saturated carbocycles. The second kappa shape index (κ2) is 4.91. The molecule has 0 aliphatic rings. The Kier molecular flexibility index (Phi) is 4.12. The number of hydroxylamine groups is 1. The van der Waals surface area contributed by atoms with Gasteiger partial charge in [0.2, 0.25) is 0 Å². The van der Waals surface area contributed by atoms with Gasteiger partial charge in [-0.05, 0) is 33.6 Å². The molecule has 0 bridgehead atoms. The molecule has 0 aromatic heterocycles. The summed E-state index contributed by atoms with van der Waals surface area (Å²) < 4.78 is 13.4. The average Bonchev–Trinajstić information content (AvgIpc) is 2.10. The SMILES string of the molecule is CONCc1cc(Cl)c(F)c(Br)c1. The Hall–Kier alpha value is -0.160. The number of hydrogen-bond donors (Lipinski definition) is 1. The molecule has 1 aromatic rings. The summed E-state index contributed by atoms with van der Waals surface area (Å²) in [6.45, 7) is 0.481. The minimum Gasteiger partial charge on any atom is -0.305 e. The first-order valence-electron chi connectivity index (χ1n) is 3.54. The Morgan fingerprint density at radius 2 is 2.31 bits per heavy atom. The Morgan fingerprint density at radius 3 is 2.85 bits per heavy atom. The van der Waals surface area contributed by atoms with Crippen LogP contribution in [0.4, 0.5) is 4.39 Å². The first-order chi connectivity index (χ1) is 6.15. The van der Waals surface area contributed by atoms with Crippen molar-refractivity contribution in [2.24, 2.45) is 0 Å². The van der Waals surface area contributed by atoms with Crippen molar-refractivity contribution in [1.29, 1.82) is 0 Å². The van der Waals surface area contributed by atoms with Gasteiger partial charge in [-0.1, -0.05) is 11.6 Å². The Bertz CT molecular complexity index is 285. The van der Waals surface area contributed by atoms with Gasteiger partial charge in [-0.2, -0.15) is 5.48 Å². The van der Waals surface area contributed by atoms with Gasteiger partial charge in [0.15, 0.2) is 5.82 Å². The van der Waals surface area contributed by atoms with Crippen molar-refractivity contribution in [2.75, 3.05) is 7.11 Å². The summed E-state index contributed by atoms with van der Waals surface area (Å²) in [5, 5.41) is 0.0993. The number of benzene rings is 1. The van der Waals surface area contributed by atoms with Crippen molar-refractivity contribution < 1.29 is 9.23 Å². The molecular weight excluding hydrogens is 260 g/mol. The van der Waals surface area contributed by atoms with E-state index in [4.69, 9.17) is 11.6 Å². The third-order valence-corrected chi connectivity index (χ3v) is 2.32. The molecule has 0 aliphatic heterocycles. The van der Waals surface area contributed by atoms with E-state index in [1.165, 1.54) is 7.11 Å². The van der Waals surface area contributed by atoms with E-state index >= 15 is 0 Å². The van der Waals surface area contributed by atoms with Gasteiger partial charge in [0.05, 0.1) is 16.6 Å². The van der Waals surface area contributed by atoms with Crippen molar-refractivity contribution in [3.05, 3.63) is 33.0 Å². The maximum atomic E-state index is 13.0. The van der Waals surface area contributed by atoms with Gasteiger partial charge < -0.3 is 4.84 Å². The number of halogens is 3. The topological polar surface area (TPSA) is 21.3 Å². The van der Waals surface area contributed by atoms with Crippen LogP contribution in [0.1, 0.15) is 5.56 Å². The molecule has 0 atom stereocenters. The lowest BCUT2D eigenvalue weighted by Crippen LogP contribution is -2.10. The van der Waals surface area contributed by atoms with Crippen molar-refractivity contribution >= 4 is 27.5 Å². The predicted octanol–water partition coefficient (Wildman–Crippen LogP) is 2.89. The lowest BCUT2D eigenvalue weighted by Gasteiger charge is -2.04. The summed E-state index contributed by atoms with van der Waals surface area (Å²) in [5.74, 6) is -0.442. The molecule has 1 rings (SSSR count). The predicted molar refractivity (Wildman–Crippen MR) is 53.0 cm³/mol. The minimum atomic E-state index is -0.442. The monoisotopic (exact) mass is 267 g/mol. The van der Waals surface area contributed by atoms with E-state index in [-0.39, 0.29) is 5.02 Å². The lowest BCUT2D eigenvalue weighted by atomic mass is 10.2. The Morgan fingerprint density at radius 1 is 1.62 bits per heavy atom. The van der Waals surface area contributed by atoms with E-state index in [9.17, 15) is 4.39 Å². The summed E-state index contributed by atoms with van der Waals surface area (Å²) in [7, 11) is 1.51. The van der Waals surface area contributed by atoms with Crippen LogP contribution >= 0.6 is 27.5 Å². The van der Waals surface area contributed by atoms with Gasteiger partial charge >= 0.3 is 0 Å². The molecular formula is C8H8BrClFNO. The van der Waals surface area contributed by atoms with Crippen LogP contribution in [0.3, 0.4) is 0 Å². The summed E-state index contributed by atoms with van der Waals surface area (Å²) in [4.78, 5) is 4.65. The third-order valence-electron chi connectivity index (χ3n) is 1.46. The highest BCUT2D eigenvalue weighted by atomic mass is 79.9. The molecule has 0 unspecified atom stereocenters. The molecule has 0 amide bonds. The second-order valence-electron chi connectivity index (χ2n) is 2.40.